The fourth-order valence-electron chi connectivity index (χ4n) is 2.14. The van der Waals surface area contributed by atoms with Gasteiger partial charge in [-0.15, -0.1) is 0 Å². The molecule has 0 unspecified atom stereocenters. The third kappa shape index (κ3) is 2.73. The fraction of sp³-hybridized carbons (Fsp3) is 0.286. The molecule has 1 aromatic heterocycles. The van der Waals surface area contributed by atoms with Crippen LogP contribution in [0.5, 0.6) is 11.5 Å². The molecule has 2 heterocycles. The number of carbonyl (C=O) groups is 1. The van der Waals surface area contributed by atoms with Crippen molar-refractivity contribution in [2.24, 2.45) is 0 Å². The molecule has 21 heavy (non-hydrogen) atoms. The largest absolute Gasteiger partial charge is 0.454 e. The van der Waals surface area contributed by atoms with Crippen LogP contribution in [0.25, 0.3) is 0 Å². The Morgan fingerprint density at radius 1 is 1.43 bits per heavy atom. The predicted octanol–water partition coefficient (Wildman–Crippen LogP) is 2.32. The first-order valence-corrected chi connectivity index (χ1v) is 7.36. The molecule has 0 atom stereocenters. The molecule has 7 heteroatoms. The molecule has 0 bridgehead atoms. The Kier molecular flexibility index (Phi) is 3.83. The summed E-state index contributed by atoms with van der Waals surface area (Å²) in [6.45, 7) is 3.36. The average molecular weight is 352 g/mol. The predicted molar refractivity (Wildman–Crippen MR) is 79.3 cm³/mol. The number of halogens is 1. The van der Waals surface area contributed by atoms with Crippen LogP contribution in [0.15, 0.2) is 28.9 Å². The molecule has 2 aromatic rings. The minimum absolute atomic E-state index is 0.163. The molecule has 0 spiro atoms. The van der Waals surface area contributed by atoms with E-state index in [1.165, 1.54) is 0 Å². The highest BCUT2D eigenvalue weighted by Crippen LogP contribution is 2.32. The molecule has 6 nitrogen and oxygen atoms in total. The molecule has 0 aliphatic carbocycles. The van der Waals surface area contributed by atoms with Crippen molar-refractivity contribution in [3.05, 3.63) is 40.1 Å². The van der Waals surface area contributed by atoms with Crippen LogP contribution in [0.1, 0.15) is 23.0 Å². The van der Waals surface area contributed by atoms with E-state index in [0.29, 0.717) is 23.6 Å². The van der Waals surface area contributed by atoms with Gasteiger partial charge in [0.25, 0.3) is 5.91 Å². The van der Waals surface area contributed by atoms with Gasteiger partial charge in [0.2, 0.25) is 6.79 Å². The van der Waals surface area contributed by atoms with Crippen molar-refractivity contribution in [2.45, 2.75) is 20.0 Å². The van der Waals surface area contributed by atoms with Crippen molar-refractivity contribution in [3.63, 3.8) is 0 Å². The van der Waals surface area contributed by atoms with Crippen LogP contribution >= 0.6 is 15.9 Å². The average Bonchev–Trinajstić information content (AvgIpc) is 3.10. The topological polar surface area (TPSA) is 65.4 Å². The SMILES string of the molecule is CCn1ncc(Br)c1CNC(=O)c1ccc2c(c1)OCO2. The number of carbonyl (C=O) groups excluding carboxylic acids is 1. The lowest BCUT2D eigenvalue weighted by Crippen LogP contribution is -2.24. The first-order chi connectivity index (χ1) is 10.2. The van der Waals surface area contributed by atoms with E-state index < -0.39 is 0 Å². The molecule has 1 aliphatic rings. The van der Waals surface area contributed by atoms with Gasteiger partial charge < -0.3 is 14.8 Å². The smallest absolute Gasteiger partial charge is 0.251 e. The first kappa shape index (κ1) is 13.9. The molecule has 0 saturated heterocycles. The van der Waals surface area contributed by atoms with Crippen molar-refractivity contribution in [2.75, 3.05) is 6.79 Å². The van der Waals surface area contributed by atoms with E-state index in [9.17, 15) is 4.79 Å². The Balaban J connectivity index is 1.70. The van der Waals surface area contributed by atoms with Crippen LogP contribution in [0.3, 0.4) is 0 Å². The first-order valence-electron chi connectivity index (χ1n) is 6.57. The normalized spacial score (nSPS) is 12.5. The zero-order chi connectivity index (χ0) is 14.8. The molecule has 0 saturated carbocycles. The summed E-state index contributed by atoms with van der Waals surface area (Å²) in [5, 5.41) is 7.10. The maximum Gasteiger partial charge on any atom is 0.251 e. The lowest BCUT2D eigenvalue weighted by molar-refractivity contribution is 0.0949. The molecule has 3 rings (SSSR count). The van der Waals surface area contributed by atoms with Crippen LogP contribution in [0.2, 0.25) is 0 Å². The van der Waals surface area contributed by atoms with Crippen LogP contribution < -0.4 is 14.8 Å². The van der Waals surface area contributed by atoms with Gasteiger partial charge in [0, 0.05) is 12.1 Å². The fourth-order valence-corrected chi connectivity index (χ4v) is 2.58. The standard InChI is InChI=1S/C14H14BrN3O3/c1-2-18-11(10(15)6-17-18)7-16-14(19)9-3-4-12-13(5-9)21-8-20-12/h3-6H,2,7-8H2,1H3,(H,16,19). The van der Waals surface area contributed by atoms with Gasteiger partial charge in [-0.25, -0.2) is 0 Å². The van der Waals surface area contributed by atoms with E-state index in [1.807, 2.05) is 11.6 Å². The highest BCUT2D eigenvalue weighted by Gasteiger charge is 2.16. The van der Waals surface area contributed by atoms with Crippen LogP contribution in [0.4, 0.5) is 0 Å². The van der Waals surface area contributed by atoms with Gasteiger partial charge >= 0.3 is 0 Å². The number of nitrogens with zero attached hydrogens (tertiary/aromatic N) is 2. The van der Waals surface area contributed by atoms with Gasteiger partial charge in [-0.05, 0) is 41.1 Å². The van der Waals surface area contributed by atoms with Crippen LogP contribution in [-0.2, 0) is 13.1 Å². The third-order valence-corrected chi connectivity index (χ3v) is 3.91. The van der Waals surface area contributed by atoms with E-state index in [0.717, 1.165) is 16.7 Å². The summed E-state index contributed by atoms with van der Waals surface area (Å²) in [5.41, 5.74) is 1.48. The number of nitrogens with one attached hydrogen (secondary N) is 1. The quantitative estimate of drug-likeness (QED) is 0.917. The van der Waals surface area contributed by atoms with Crippen molar-refractivity contribution in [1.82, 2.24) is 15.1 Å². The molecule has 1 aliphatic heterocycles. The summed E-state index contributed by atoms with van der Waals surface area (Å²) in [6.07, 6.45) is 1.73. The summed E-state index contributed by atoms with van der Waals surface area (Å²) >= 11 is 3.43. The van der Waals surface area contributed by atoms with E-state index >= 15 is 0 Å². The molecule has 0 radical (unpaired) electrons. The number of amides is 1. The second kappa shape index (κ2) is 5.77. The molecule has 1 aromatic carbocycles. The molecular weight excluding hydrogens is 338 g/mol. The van der Waals surface area contributed by atoms with Crippen molar-refractivity contribution < 1.29 is 14.3 Å². The van der Waals surface area contributed by atoms with Crippen LogP contribution in [-0.4, -0.2) is 22.5 Å². The monoisotopic (exact) mass is 351 g/mol. The zero-order valence-electron chi connectivity index (χ0n) is 11.4. The zero-order valence-corrected chi connectivity index (χ0v) is 13.0. The minimum atomic E-state index is -0.163. The van der Waals surface area contributed by atoms with Gasteiger partial charge in [-0.2, -0.15) is 5.10 Å². The number of aromatic nitrogens is 2. The summed E-state index contributed by atoms with van der Waals surface area (Å²) in [6, 6.07) is 5.14. The van der Waals surface area contributed by atoms with Crippen molar-refractivity contribution >= 4 is 21.8 Å². The maximum absolute atomic E-state index is 12.2. The second-order valence-corrected chi connectivity index (χ2v) is 5.36. The lowest BCUT2D eigenvalue weighted by atomic mass is 10.2. The molecule has 110 valence electrons. The van der Waals surface area contributed by atoms with Gasteiger partial charge in [-0.3, -0.25) is 9.48 Å². The number of benzene rings is 1. The number of hydrogen-bond acceptors (Lipinski definition) is 4. The summed E-state index contributed by atoms with van der Waals surface area (Å²) in [7, 11) is 0. The molecule has 1 N–H and O–H groups in total. The van der Waals surface area contributed by atoms with E-state index in [2.05, 4.69) is 26.3 Å². The van der Waals surface area contributed by atoms with E-state index in [4.69, 9.17) is 9.47 Å². The van der Waals surface area contributed by atoms with E-state index in [1.54, 1.807) is 24.4 Å². The molecular formula is C14H14BrN3O3. The Hall–Kier alpha value is -2.02. The Bertz CT molecular complexity index is 684. The number of aryl methyl sites for hydroxylation is 1. The number of ether oxygens (including phenoxy) is 2. The Labute approximate surface area is 130 Å². The summed E-state index contributed by atoms with van der Waals surface area (Å²) in [4.78, 5) is 12.2. The second-order valence-electron chi connectivity index (χ2n) is 4.51. The number of rotatable bonds is 4. The maximum atomic E-state index is 12.2. The Morgan fingerprint density at radius 2 is 2.24 bits per heavy atom. The van der Waals surface area contributed by atoms with Crippen LogP contribution in [0, 0.1) is 0 Å². The van der Waals surface area contributed by atoms with Gasteiger partial charge in [-0.1, -0.05) is 0 Å². The third-order valence-electron chi connectivity index (χ3n) is 3.25. The molecule has 1 amide bonds. The summed E-state index contributed by atoms with van der Waals surface area (Å²) < 4.78 is 13.2. The Morgan fingerprint density at radius 3 is 3.05 bits per heavy atom. The van der Waals surface area contributed by atoms with Gasteiger partial charge in [0.15, 0.2) is 11.5 Å². The number of hydrogen-bond donors (Lipinski definition) is 1. The van der Waals surface area contributed by atoms with Crippen molar-refractivity contribution in [1.29, 1.82) is 0 Å². The lowest BCUT2D eigenvalue weighted by Gasteiger charge is -2.08. The summed E-state index contributed by atoms with van der Waals surface area (Å²) in [5.74, 6) is 1.10. The van der Waals surface area contributed by atoms with Gasteiger partial charge in [0.1, 0.15) is 0 Å². The minimum Gasteiger partial charge on any atom is -0.454 e. The molecule has 0 fully saturated rings. The van der Waals surface area contributed by atoms with Gasteiger partial charge in [0.05, 0.1) is 22.9 Å². The highest BCUT2D eigenvalue weighted by molar-refractivity contribution is 9.10. The number of fused-ring (bicyclic) bond motifs is 1. The highest BCUT2D eigenvalue weighted by atomic mass is 79.9. The van der Waals surface area contributed by atoms with E-state index in [-0.39, 0.29) is 12.7 Å². The van der Waals surface area contributed by atoms with Crippen molar-refractivity contribution in [3.8, 4) is 11.5 Å².